The van der Waals surface area contributed by atoms with Gasteiger partial charge in [-0.15, -0.1) is 0 Å². The first-order valence-electron chi connectivity index (χ1n) is 8.30. The van der Waals surface area contributed by atoms with E-state index in [4.69, 9.17) is 4.74 Å². The Balaban J connectivity index is 1.99. The van der Waals surface area contributed by atoms with Crippen molar-refractivity contribution < 1.29 is 9.53 Å². The lowest BCUT2D eigenvalue weighted by atomic mass is 10.2. The number of carbonyl (C=O) groups excluding carboxylic acids is 1. The highest BCUT2D eigenvalue weighted by Gasteiger charge is 2.11. The highest BCUT2D eigenvalue weighted by Crippen LogP contribution is 2.25. The van der Waals surface area contributed by atoms with Gasteiger partial charge in [0.05, 0.1) is 24.7 Å². The molecule has 0 atom stereocenters. The number of ether oxygens (including phenoxy) is 1. The molecule has 5 heteroatoms. The Hall–Kier alpha value is -2.56. The van der Waals surface area contributed by atoms with Crippen molar-refractivity contribution >= 4 is 17.3 Å². The smallest absolute Gasteiger partial charge is 0.274 e. The second-order valence-corrected chi connectivity index (χ2v) is 5.72. The maximum atomic E-state index is 12.4. The summed E-state index contributed by atoms with van der Waals surface area (Å²) >= 11 is 0. The summed E-state index contributed by atoms with van der Waals surface area (Å²) in [5.74, 6) is 0.375. The zero-order valence-corrected chi connectivity index (χ0v) is 14.6. The predicted octanol–water partition coefficient (Wildman–Crippen LogP) is 4.25. The van der Waals surface area contributed by atoms with Gasteiger partial charge >= 0.3 is 0 Å². The van der Waals surface area contributed by atoms with Crippen molar-refractivity contribution in [2.45, 2.75) is 33.1 Å². The molecule has 1 aromatic heterocycles. The van der Waals surface area contributed by atoms with Gasteiger partial charge in [-0.05, 0) is 43.2 Å². The van der Waals surface area contributed by atoms with E-state index >= 15 is 0 Å². The van der Waals surface area contributed by atoms with Crippen molar-refractivity contribution in [2.24, 2.45) is 0 Å². The van der Waals surface area contributed by atoms with Gasteiger partial charge in [0.1, 0.15) is 11.4 Å². The lowest BCUT2D eigenvalue weighted by molar-refractivity contribution is 0.102. The van der Waals surface area contributed by atoms with Crippen molar-refractivity contribution in [1.29, 1.82) is 0 Å². The molecule has 128 valence electrons. The van der Waals surface area contributed by atoms with Gasteiger partial charge in [-0.25, -0.2) is 4.98 Å². The SMILES string of the molecule is CCCCCNc1ccc(C(=O)Nc2cc(C)ccc2OC)nc1. The van der Waals surface area contributed by atoms with Crippen LogP contribution in [0.5, 0.6) is 5.75 Å². The Bertz CT molecular complexity index is 669. The van der Waals surface area contributed by atoms with E-state index in [2.05, 4.69) is 22.5 Å². The van der Waals surface area contributed by atoms with Crippen molar-refractivity contribution in [3.8, 4) is 5.75 Å². The standard InChI is InChI=1S/C19H25N3O2/c1-4-5-6-11-20-15-8-9-16(21-13-15)19(23)22-17-12-14(2)7-10-18(17)24-3/h7-10,12-13,20H,4-6,11H2,1-3H3,(H,22,23). The molecule has 0 spiro atoms. The van der Waals surface area contributed by atoms with E-state index in [1.807, 2.05) is 31.2 Å². The Morgan fingerprint density at radius 2 is 2.04 bits per heavy atom. The van der Waals surface area contributed by atoms with E-state index in [9.17, 15) is 4.79 Å². The van der Waals surface area contributed by atoms with Crippen LogP contribution >= 0.6 is 0 Å². The van der Waals surface area contributed by atoms with E-state index in [1.165, 1.54) is 12.8 Å². The van der Waals surface area contributed by atoms with Crippen LogP contribution in [0.1, 0.15) is 42.2 Å². The number of nitrogens with one attached hydrogen (secondary N) is 2. The molecule has 24 heavy (non-hydrogen) atoms. The predicted molar refractivity (Wildman–Crippen MR) is 97.9 cm³/mol. The number of anilines is 2. The summed E-state index contributed by atoms with van der Waals surface area (Å²) in [6, 6.07) is 9.24. The summed E-state index contributed by atoms with van der Waals surface area (Å²) in [4.78, 5) is 16.6. The van der Waals surface area contributed by atoms with Crippen molar-refractivity contribution in [3.05, 3.63) is 47.8 Å². The summed E-state index contributed by atoms with van der Waals surface area (Å²) in [5.41, 5.74) is 2.99. The lowest BCUT2D eigenvalue weighted by Gasteiger charge is -2.11. The normalized spacial score (nSPS) is 10.3. The van der Waals surface area contributed by atoms with Gasteiger partial charge < -0.3 is 15.4 Å². The minimum absolute atomic E-state index is 0.253. The molecule has 5 nitrogen and oxygen atoms in total. The average Bonchev–Trinajstić information content (AvgIpc) is 2.59. The van der Waals surface area contributed by atoms with Gasteiger partial charge in [0.2, 0.25) is 0 Å². The largest absolute Gasteiger partial charge is 0.495 e. The molecule has 0 fully saturated rings. The molecule has 1 heterocycles. The molecular weight excluding hydrogens is 302 g/mol. The van der Waals surface area contributed by atoms with E-state index < -0.39 is 0 Å². The molecular formula is C19H25N3O2. The summed E-state index contributed by atoms with van der Waals surface area (Å²) in [6.45, 7) is 5.06. The number of nitrogens with zero attached hydrogens (tertiary/aromatic N) is 1. The number of pyridine rings is 1. The highest BCUT2D eigenvalue weighted by atomic mass is 16.5. The molecule has 0 saturated heterocycles. The first-order chi connectivity index (χ1) is 11.6. The second-order valence-electron chi connectivity index (χ2n) is 5.72. The maximum absolute atomic E-state index is 12.4. The van der Waals surface area contributed by atoms with E-state index in [0.29, 0.717) is 17.1 Å². The van der Waals surface area contributed by atoms with Gasteiger partial charge in [-0.1, -0.05) is 25.8 Å². The van der Waals surface area contributed by atoms with Crippen LogP contribution in [0.2, 0.25) is 0 Å². The molecule has 0 bridgehead atoms. The number of aromatic nitrogens is 1. The number of hydrogen-bond donors (Lipinski definition) is 2. The minimum atomic E-state index is -0.253. The van der Waals surface area contributed by atoms with Crippen LogP contribution in [0.15, 0.2) is 36.5 Å². The molecule has 2 rings (SSSR count). The first kappa shape index (κ1) is 17.8. The monoisotopic (exact) mass is 327 g/mol. The van der Waals surface area contributed by atoms with Crippen LogP contribution in [0.4, 0.5) is 11.4 Å². The van der Waals surface area contributed by atoms with Gasteiger partial charge in [-0.3, -0.25) is 4.79 Å². The highest BCUT2D eigenvalue weighted by molar-refractivity contribution is 6.03. The molecule has 2 aromatic rings. The maximum Gasteiger partial charge on any atom is 0.274 e. The summed E-state index contributed by atoms with van der Waals surface area (Å²) < 4.78 is 5.28. The van der Waals surface area contributed by atoms with Crippen LogP contribution < -0.4 is 15.4 Å². The zero-order chi connectivity index (χ0) is 17.4. The van der Waals surface area contributed by atoms with E-state index in [0.717, 1.165) is 24.2 Å². The summed E-state index contributed by atoms with van der Waals surface area (Å²) in [5, 5.41) is 6.16. The third-order valence-electron chi connectivity index (χ3n) is 3.71. The number of aryl methyl sites for hydroxylation is 1. The van der Waals surface area contributed by atoms with Gasteiger partial charge in [-0.2, -0.15) is 0 Å². The van der Waals surface area contributed by atoms with Crippen LogP contribution in [0.25, 0.3) is 0 Å². The molecule has 1 amide bonds. The first-order valence-corrected chi connectivity index (χ1v) is 8.30. The molecule has 0 aliphatic rings. The molecule has 0 aliphatic carbocycles. The van der Waals surface area contributed by atoms with Crippen LogP contribution in [-0.2, 0) is 0 Å². The Labute approximate surface area is 143 Å². The van der Waals surface area contributed by atoms with Crippen molar-refractivity contribution in [2.75, 3.05) is 24.3 Å². The number of amides is 1. The van der Waals surface area contributed by atoms with Crippen LogP contribution in [0.3, 0.4) is 0 Å². The Morgan fingerprint density at radius 3 is 2.71 bits per heavy atom. The fraction of sp³-hybridized carbons (Fsp3) is 0.368. The Kier molecular flexibility index (Phi) is 6.61. The molecule has 2 N–H and O–H groups in total. The van der Waals surface area contributed by atoms with Gasteiger partial charge in [0.25, 0.3) is 5.91 Å². The number of unbranched alkanes of at least 4 members (excludes halogenated alkanes) is 2. The summed E-state index contributed by atoms with van der Waals surface area (Å²) in [7, 11) is 1.58. The number of hydrogen-bond acceptors (Lipinski definition) is 4. The quantitative estimate of drug-likeness (QED) is 0.711. The fourth-order valence-corrected chi connectivity index (χ4v) is 2.35. The molecule has 0 saturated carbocycles. The van der Waals surface area contributed by atoms with Crippen molar-refractivity contribution in [3.63, 3.8) is 0 Å². The topological polar surface area (TPSA) is 63.2 Å². The second kappa shape index (κ2) is 8.91. The molecule has 1 aromatic carbocycles. The van der Waals surface area contributed by atoms with Gasteiger partial charge in [0.15, 0.2) is 0 Å². The third kappa shape index (κ3) is 4.98. The molecule has 0 radical (unpaired) electrons. The number of methoxy groups -OCH3 is 1. The molecule has 0 aliphatic heterocycles. The van der Waals surface area contributed by atoms with E-state index in [-0.39, 0.29) is 5.91 Å². The summed E-state index contributed by atoms with van der Waals surface area (Å²) in [6.07, 6.45) is 5.22. The Morgan fingerprint density at radius 1 is 1.21 bits per heavy atom. The number of rotatable bonds is 8. The fourth-order valence-electron chi connectivity index (χ4n) is 2.35. The lowest BCUT2D eigenvalue weighted by Crippen LogP contribution is -2.14. The van der Waals surface area contributed by atoms with Crippen molar-refractivity contribution in [1.82, 2.24) is 4.98 Å². The number of carbonyl (C=O) groups is 1. The zero-order valence-electron chi connectivity index (χ0n) is 14.6. The van der Waals surface area contributed by atoms with Gasteiger partial charge in [0, 0.05) is 6.54 Å². The molecule has 0 unspecified atom stereocenters. The van der Waals surface area contributed by atoms with Crippen LogP contribution in [0, 0.1) is 6.92 Å². The minimum Gasteiger partial charge on any atom is -0.495 e. The third-order valence-corrected chi connectivity index (χ3v) is 3.71. The average molecular weight is 327 g/mol. The van der Waals surface area contributed by atoms with Crippen LogP contribution in [-0.4, -0.2) is 24.5 Å². The van der Waals surface area contributed by atoms with E-state index in [1.54, 1.807) is 19.4 Å². The number of benzene rings is 1.